The SMILES string of the molecule is CN(C)c1nc(N2CCCCC2)ncc1NC(=O)c1cncc(Br)c1. The second kappa shape index (κ2) is 7.77. The third-order valence-electron chi connectivity index (χ3n) is 4.03. The molecule has 8 heteroatoms. The highest BCUT2D eigenvalue weighted by Crippen LogP contribution is 2.25. The molecule has 3 heterocycles. The third-order valence-corrected chi connectivity index (χ3v) is 4.47. The molecule has 132 valence electrons. The number of aromatic nitrogens is 3. The van der Waals surface area contributed by atoms with Crippen molar-refractivity contribution in [3.8, 4) is 0 Å². The van der Waals surface area contributed by atoms with Crippen LogP contribution in [0.1, 0.15) is 29.6 Å². The molecule has 3 rings (SSSR count). The van der Waals surface area contributed by atoms with Crippen molar-refractivity contribution in [3.05, 3.63) is 34.7 Å². The molecule has 1 N–H and O–H groups in total. The zero-order valence-electron chi connectivity index (χ0n) is 14.4. The van der Waals surface area contributed by atoms with Crippen LogP contribution in [0.4, 0.5) is 17.5 Å². The van der Waals surface area contributed by atoms with Gasteiger partial charge in [-0.15, -0.1) is 0 Å². The number of hydrogen-bond acceptors (Lipinski definition) is 6. The van der Waals surface area contributed by atoms with E-state index in [9.17, 15) is 4.79 Å². The van der Waals surface area contributed by atoms with Crippen LogP contribution in [0.15, 0.2) is 29.1 Å². The van der Waals surface area contributed by atoms with Crippen molar-refractivity contribution in [3.63, 3.8) is 0 Å². The molecule has 2 aromatic heterocycles. The molecular weight excluding hydrogens is 384 g/mol. The lowest BCUT2D eigenvalue weighted by Gasteiger charge is -2.28. The Morgan fingerprint density at radius 1 is 1.20 bits per heavy atom. The third kappa shape index (κ3) is 4.25. The lowest BCUT2D eigenvalue weighted by molar-refractivity contribution is 0.102. The van der Waals surface area contributed by atoms with Gasteiger partial charge in [-0.3, -0.25) is 9.78 Å². The molecule has 1 aliphatic rings. The molecular formula is C17H21BrN6O. The van der Waals surface area contributed by atoms with Crippen LogP contribution < -0.4 is 15.1 Å². The van der Waals surface area contributed by atoms with E-state index in [1.54, 1.807) is 18.5 Å². The lowest BCUT2D eigenvalue weighted by Crippen LogP contribution is -2.31. The van der Waals surface area contributed by atoms with Gasteiger partial charge in [0.15, 0.2) is 5.82 Å². The van der Waals surface area contributed by atoms with Crippen LogP contribution >= 0.6 is 15.9 Å². The fourth-order valence-electron chi connectivity index (χ4n) is 2.77. The number of nitrogens with zero attached hydrogens (tertiary/aromatic N) is 5. The molecule has 0 aromatic carbocycles. The molecule has 1 fully saturated rings. The minimum atomic E-state index is -0.244. The molecule has 0 atom stereocenters. The second-order valence-electron chi connectivity index (χ2n) is 6.20. The predicted octanol–water partition coefficient (Wildman–Crippen LogP) is 2.94. The lowest BCUT2D eigenvalue weighted by atomic mass is 10.1. The Bertz CT molecular complexity index is 761. The van der Waals surface area contributed by atoms with E-state index in [0.717, 1.165) is 30.4 Å². The van der Waals surface area contributed by atoms with Crippen molar-refractivity contribution in [1.82, 2.24) is 15.0 Å². The second-order valence-corrected chi connectivity index (χ2v) is 7.11. The van der Waals surface area contributed by atoms with Gasteiger partial charge in [0, 0.05) is 44.1 Å². The summed E-state index contributed by atoms with van der Waals surface area (Å²) in [5.41, 5.74) is 1.05. The van der Waals surface area contributed by atoms with Crippen molar-refractivity contribution in [1.29, 1.82) is 0 Å². The van der Waals surface area contributed by atoms with E-state index in [0.29, 0.717) is 23.0 Å². The summed E-state index contributed by atoms with van der Waals surface area (Å²) in [5.74, 6) is 1.16. The maximum absolute atomic E-state index is 12.5. The Kier molecular flexibility index (Phi) is 5.47. The summed E-state index contributed by atoms with van der Waals surface area (Å²) in [4.78, 5) is 29.7. The number of pyridine rings is 1. The average molecular weight is 405 g/mol. The summed E-state index contributed by atoms with van der Waals surface area (Å²) in [6.45, 7) is 1.95. The fraction of sp³-hybridized carbons (Fsp3) is 0.412. The average Bonchev–Trinajstić information content (AvgIpc) is 2.62. The highest BCUT2D eigenvalue weighted by molar-refractivity contribution is 9.10. The Balaban J connectivity index is 1.84. The molecule has 2 aromatic rings. The maximum atomic E-state index is 12.5. The smallest absolute Gasteiger partial charge is 0.257 e. The quantitative estimate of drug-likeness (QED) is 0.843. The fourth-order valence-corrected chi connectivity index (χ4v) is 3.13. The molecule has 0 spiro atoms. The summed E-state index contributed by atoms with van der Waals surface area (Å²) in [5, 5.41) is 2.88. The van der Waals surface area contributed by atoms with Crippen molar-refractivity contribution < 1.29 is 4.79 Å². The molecule has 0 radical (unpaired) electrons. The number of rotatable bonds is 4. The number of piperidine rings is 1. The monoisotopic (exact) mass is 404 g/mol. The molecule has 0 saturated carbocycles. The molecule has 1 amide bonds. The zero-order valence-corrected chi connectivity index (χ0v) is 16.0. The first kappa shape index (κ1) is 17.6. The van der Waals surface area contributed by atoms with Gasteiger partial charge in [0.25, 0.3) is 5.91 Å². The van der Waals surface area contributed by atoms with Gasteiger partial charge in [-0.2, -0.15) is 4.98 Å². The number of halogens is 1. The van der Waals surface area contributed by atoms with Crippen molar-refractivity contribution >= 4 is 39.3 Å². The first-order chi connectivity index (χ1) is 12.0. The molecule has 1 aliphatic heterocycles. The summed E-state index contributed by atoms with van der Waals surface area (Å²) < 4.78 is 0.754. The van der Waals surface area contributed by atoms with Crippen molar-refractivity contribution in [2.45, 2.75) is 19.3 Å². The molecule has 7 nitrogen and oxygen atoms in total. The van der Waals surface area contributed by atoms with Crippen LogP contribution in [0, 0.1) is 0 Å². The normalized spacial score (nSPS) is 14.3. The first-order valence-electron chi connectivity index (χ1n) is 8.26. The van der Waals surface area contributed by atoms with Crippen LogP contribution in [-0.4, -0.2) is 48.0 Å². The highest BCUT2D eigenvalue weighted by atomic mass is 79.9. The van der Waals surface area contributed by atoms with Crippen molar-refractivity contribution in [2.75, 3.05) is 42.3 Å². The van der Waals surface area contributed by atoms with Crippen LogP contribution in [0.5, 0.6) is 0 Å². The van der Waals surface area contributed by atoms with Crippen LogP contribution in [0.2, 0.25) is 0 Å². The van der Waals surface area contributed by atoms with Gasteiger partial charge in [-0.1, -0.05) is 0 Å². The van der Waals surface area contributed by atoms with Gasteiger partial charge in [0.05, 0.1) is 11.8 Å². The number of nitrogens with one attached hydrogen (secondary N) is 1. The van der Waals surface area contributed by atoms with Crippen LogP contribution in [0.3, 0.4) is 0 Å². The molecule has 0 bridgehead atoms. The minimum Gasteiger partial charge on any atom is -0.361 e. The van der Waals surface area contributed by atoms with Crippen LogP contribution in [-0.2, 0) is 0 Å². The van der Waals surface area contributed by atoms with Gasteiger partial charge in [0.2, 0.25) is 5.95 Å². The van der Waals surface area contributed by atoms with Crippen LogP contribution in [0.25, 0.3) is 0 Å². The predicted molar refractivity (Wildman–Crippen MR) is 102 cm³/mol. The standard InChI is InChI=1S/C17H21BrN6O/c1-23(2)15-14(21-16(25)12-8-13(18)10-19-9-12)11-20-17(22-15)24-6-4-3-5-7-24/h8-11H,3-7H2,1-2H3,(H,21,25). The number of carbonyl (C=O) groups is 1. The van der Waals surface area contributed by atoms with Crippen molar-refractivity contribution in [2.24, 2.45) is 0 Å². The summed E-state index contributed by atoms with van der Waals surface area (Å²) in [6.07, 6.45) is 8.42. The number of carbonyl (C=O) groups excluding carboxylic acids is 1. The van der Waals surface area contributed by atoms with Gasteiger partial charge >= 0.3 is 0 Å². The van der Waals surface area contributed by atoms with Gasteiger partial charge < -0.3 is 15.1 Å². The minimum absolute atomic E-state index is 0.244. The maximum Gasteiger partial charge on any atom is 0.257 e. The largest absolute Gasteiger partial charge is 0.361 e. The topological polar surface area (TPSA) is 74.2 Å². The highest BCUT2D eigenvalue weighted by Gasteiger charge is 2.18. The zero-order chi connectivity index (χ0) is 17.8. The van der Waals surface area contributed by atoms with Gasteiger partial charge in [-0.25, -0.2) is 4.98 Å². The Labute approximate surface area is 155 Å². The summed E-state index contributed by atoms with van der Waals surface area (Å²) in [7, 11) is 3.80. The number of hydrogen-bond donors (Lipinski definition) is 1. The summed E-state index contributed by atoms with van der Waals surface area (Å²) >= 11 is 3.33. The Hall–Kier alpha value is -2.22. The van der Waals surface area contributed by atoms with E-state index in [-0.39, 0.29) is 5.91 Å². The first-order valence-corrected chi connectivity index (χ1v) is 9.05. The molecule has 0 unspecified atom stereocenters. The van der Waals surface area contributed by atoms with E-state index < -0.39 is 0 Å². The van der Waals surface area contributed by atoms with E-state index in [2.05, 4.69) is 41.1 Å². The van der Waals surface area contributed by atoms with E-state index in [4.69, 9.17) is 0 Å². The number of anilines is 3. The van der Waals surface area contributed by atoms with E-state index in [1.165, 1.54) is 12.6 Å². The molecule has 1 saturated heterocycles. The molecule has 0 aliphatic carbocycles. The summed E-state index contributed by atoms with van der Waals surface area (Å²) in [6, 6.07) is 1.72. The Morgan fingerprint density at radius 3 is 2.64 bits per heavy atom. The van der Waals surface area contributed by atoms with Gasteiger partial charge in [-0.05, 0) is 41.3 Å². The van der Waals surface area contributed by atoms with E-state index >= 15 is 0 Å². The van der Waals surface area contributed by atoms with E-state index in [1.807, 2.05) is 19.0 Å². The van der Waals surface area contributed by atoms with Gasteiger partial charge in [0.1, 0.15) is 5.69 Å². The number of amides is 1. The molecule has 25 heavy (non-hydrogen) atoms. The Morgan fingerprint density at radius 2 is 1.96 bits per heavy atom.